The molecule has 26 heavy (non-hydrogen) atoms. The summed E-state index contributed by atoms with van der Waals surface area (Å²) in [5, 5.41) is 6.93. The Balaban J connectivity index is 2.06. The van der Waals surface area contributed by atoms with Crippen LogP contribution in [0.25, 0.3) is 5.69 Å². The first-order chi connectivity index (χ1) is 12.4. The molecule has 1 aromatic carbocycles. The Morgan fingerprint density at radius 3 is 2.73 bits per heavy atom. The molecule has 1 heterocycles. The number of hydrogen-bond donors (Lipinski definition) is 2. The van der Waals surface area contributed by atoms with Crippen molar-refractivity contribution < 1.29 is 14.3 Å². The molecule has 138 valence electrons. The summed E-state index contributed by atoms with van der Waals surface area (Å²) in [6.45, 7) is 4.49. The molecule has 0 aliphatic carbocycles. The van der Waals surface area contributed by atoms with E-state index in [-0.39, 0.29) is 6.54 Å². The molecular formula is C18H21ClN4O3. The number of carbonyl (C=O) groups is 2. The SMILES string of the molecule is COCCNC(=O)C(=O)N/N=C\c1cc(C)n(-c2cccc(Cl)c2)c1C. The number of methoxy groups -OCH3 is 1. The molecular weight excluding hydrogens is 356 g/mol. The highest BCUT2D eigenvalue weighted by molar-refractivity contribution is 6.35. The fourth-order valence-electron chi connectivity index (χ4n) is 2.49. The zero-order chi connectivity index (χ0) is 19.1. The minimum Gasteiger partial charge on any atom is -0.383 e. The van der Waals surface area contributed by atoms with Crippen LogP contribution in [0, 0.1) is 13.8 Å². The number of ether oxygens (including phenoxy) is 1. The molecule has 7 nitrogen and oxygen atoms in total. The number of nitrogens with zero attached hydrogens (tertiary/aromatic N) is 2. The van der Waals surface area contributed by atoms with Crippen molar-refractivity contribution in [2.75, 3.05) is 20.3 Å². The number of benzene rings is 1. The number of rotatable bonds is 6. The smallest absolute Gasteiger partial charge is 0.329 e. The van der Waals surface area contributed by atoms with E-state index in [4.69, 9.17) is 16.3 Å². The van der Waals surface area contributed by atoms with Crippen LogP contribution in [0.15, 0.2) is 35.4 Å². The molecule has 2 aromatic rings. The molecule has 0 unspecified atom stereocenters. The summed E-state index contributed by atoms with van der Waals surface area (Å²) in [6.07, 6.45) is 1.50. The summed E-state index contributed by atoms with van der Waals surface area (Å²) in [5.41, 5.74) is 5.90. The van der Waals surface area contributed by atoms with E-state index < -0.39 is 11.8 Å². The molecule has 0 saturated heterocycles. The Morgan fingerprint density at radius 1 is 1.27 bits per heavy atom. The van der Waals surface area contributed by atoms with E-state index in [1.807, 2.05) is 48.7 Å². The van der Waals surface area contributed by atoms with Crippen LogP contribution in [0.3, 0.4) is 0 Å². The van der Waals surface area contributed by atoms with Crippen LogP contribution in [0.1, 0.15) is 17.0 Å². The average Bonchev–Trinajstić information content (AvgIpc) is 2.88. The average molecular weight is 377 g/mol. The fraction of sp³-hybridized carbons (Fsp3) is 0.278. The molecule has 0 radical (unpaired) electrons. The third-order valence-corrected chi connectivity index (χ3v) is 3.94. The Labute approximate surface area is 157 Å². The molecule has 0 saturated carbocycles. The number of aryl methyl sites for hydroxylation is 1. The predicted molar refractivity (Wildman–Crippen MR) is 101 cm³/mol. The number of carbonyl (C=O) groups excluding carboxylic acids is 2. The lowest BCUT2D eigenvalue weighted by Crippen LogP contribution is -2.39. The van der Waals surface area contributed by atoms with E-state index in [0.29, 0.717) is 11.6 Å². The number of hydrogen-bond acceptors (Lipinski definition) is 4. The van der Waals surface area contributed by atoms with Crippen LogP contribution in [-0.2, 0) is 14.3 Å². The van der Waals surface area contributed by atoms with E-state index in [9.17, 15) is 9.59 Å². The zero-order valence-electron chi connectivity index (χ0n) is 14.9. The summed E-state index contributed by atoms with van der Waals surface area (Å²) in [7, 11) is 1.51. The molecule has 2 N–H and O–H groups in total. The van der Waals surface area contributed by atoms with Crippen molar-refractivity contribution in [1.29, 1.82) is 0 Å². The lowest BCUT2D eigenvalue weighted by molar-refractivity contribution is -0.139. The Kier molecular flexibility index (Phi) is 6.94. The number of hydrazone groups is 1. The van der Waals surface area contributed by atoms with Gasteiger partial charge in [0.15, 0.2) is 0 Å². The van der Waals surface area contributed by atoms with Gasteiger partial charge < -0.3 is 14.6 Å². The van der Waals surface area contributed by atoms with Gasteiger partial charge in [0, 0.05) is 41.3 Å². The van der Waals surface area contributed by atoms with Crippen LogP contribution in [0.5, 0.6) is 0 Å². The Hall–Kier alpha value is -2.64. The number of amides is 2. The molecule has 2 rings (SSSR count). The fourth-order valence-corrected chi connectivity index (χ4v) is 2.67. The summed E-state index contributed by atoms with van der Waals surface area (Å²) in [5.74, 6) is -1.59. The van der Waals surface area contributed by atoms with Crippen LogP contribution in [-0.4, -0.2) is 42.9 Å². The van der Waals surface area contributed by atoms with Gasteiger partial charge in [-0.05, 0) is 38.1 Å². The first-order valence-electron chi connectivity index (χ1n) is 7.99. The lowest BCUT2D eigenvalue weighted by Gasteiger charge is -2.09. The van der Waals surface area contributed by atoms with Gasteiger partial charge in [-0.2, -0.15) is 5.10 Å². The summed E-state index contributed by atoms with van der Waals surface area (Å²) >= 11 is 6.07. The van der Waals surface area contributed by atoms with Crippen molar-refractivity contribution >= 4 is 29.6 Å². The monoisotopic (exact) mass is 376 g/mol. The first-order valence-corrected chi connectivity index (χ1v) is 8.37. The molecule has 0 aliphatic heterocycles. The maximum atomic E-state index is 11.6. The molecule has 0 bridgehead atoms. The maximum absolute atomic E-state index is 11.6. The van der Waals surface area contributed by atoms with Crippen LogP contribution in [0.2, 0.25) is 5.02 Å². The van der Waals surface area contributed by atoms with E-state index in [1.165, 1.54) is 13.3 Å². The minimum absolute atomic E-state index is 0.257. The summed E-state index contributed by atoms with van der Waals surface area (Å²) in [4.78, 5) is 23.2. The largest absolute Gasteiger partial charge is 0.383 e. The van der Waals surface area contributed by atoms with Gasteiger partial charge in [-0.15, -0.1) is 0 Å². The molecule has 0 atom stereocenters. The highest BCUT2D eigenvalue weighted by atomic mass is 35.5. The second kappa shape index (κ2) is 9.17. The minimum atomic E-state index is -0.832. The van der Waals surface area contributed by atoms with E-state index in [1.54, 1.807) is 0 Å². The normalized spacial score (nSPS) is 10.9. The van der Waals surface area contributed by atoms with Gasteiger partial charge in [-0.1, -0.05) is 17.7 Å². The highest BCUT2D eigenvalue weighted by Gasteiger charge is 2.12. The zero-order valence-corrected chi connectivity index (χ0v) is 15.6. The standard InChI is InChI=1S/C18H21ClN4O3/c1-12-9-14(11-21-22-18(25)17(24)20-7-8-26-3)13(2)23(12)16-6-4-5-15(19)10-16/h4-6,9-11H,7-8H2,1-3H3,(H,20,24)(H,22,25)/b21-11-. The van der Waals surface area contributed by atoms with Crippen LogP contribution in [0.4, 0.5) is 0 Å². The predicted octanol–water partition coefficient (Wildman–Crippen LogP) is 1.96. The molecule has 2 amide bonds. The molecule has 1 aromatic heterocycles. The number of halogens is 1. The summed E-state index contributed by atoms with van der Waals surface area (Å²) < 4.78 is 6.83. The molecule has 0 fully saturated rings. The van der Waals surface area contributed by atoms with Crippen LogP contribution < -0.4 is 10.7 Å². The second-order valence-corrected chi connectivity index (χ2v) is 6.03. The van der Waals surface area contributed by atoms with E-state index in [2.05, 4.69) is 15.8 Å². The van der Waals surface area contributed by atoms with Crippen molar-refractivity contribution in [1.82, 2.24) is 15.3 Å². The Morgan fingerprint density at radius 2 is 2.04 bits per heavy atom. The third-order valence-electron chi connectivity index (χ3n) is 3.70. The van der Waals surface area contributed by atoms with Gasteiger partial charge >= 0.3 is 11.8 Å². The Bertz CT molecular complexity index is 830. The highest BCUT2D eigenvalue weighted by Crippen LogP contribution is 2.22. The van der Waals surface area contributed by atoms with Crippen molar-refractivity contribution in [2.24, 2.45) is 5.10 Å². The van der Waals surface area contributed by atoms with Gasteiger partial charge in [0.05, 0.1) is 12.8 Å². The number of aromatic nitrogens is 1. The van der Waals surface area contributed by atoms with E-state index >= 15 is 0 Å². The van der Waals surface area contributed by atoms with Gasteiger partial charge in [0.1, 0.15) is 0 Å². The van der Waals surface area contributed by atoms with Crippen molar-refractivity contribution in [2.45, 2.75) is 13.8 Å². The topological polar surface area (TPSA) is 84.7 Å². The third kappa shape index (κ3) is 4.93. The van der Waals surface area contributed by atoms with Crippen molar-refractivity contribution in [3.63, 3.8) is 0 Å². The quantitative estimate of drug-likeness (QED) is 0.350. The van der Waals surface area contributed by atoms with Gasteiger partial charge in [-0.25, -0.2) is 5.43 Å². The lowest BCUT2D eigenvalue weighted by atomic mass is 10.2. The molecule has 0 aliphatic rings. The maximum Gasteiger partial charge on any atom is 0.329 e. The summed E-state index contributed by atoms with van der Waals surface area (Å²) in [6, 6.07) is 9.46. The molecule has 0 spiro atoms. The van der Waals surface area contributed by atoms with Crippen molar-refractivity contribution in [3.8, 4) is 5.69 Å². The van der Waals surface area contributed by atoms with Crippen molar-refractivity contribution in [3.05, 3.63) is 52.3 Å². The van der Waals surface area contributed by atoms with E-state index in [0.717, 1.165) is 22.6 Å². The van der Waals surface area contributed by atoms with Gasteiger partial charge in [0.25, 0.3) is 0 Å². The molecule has 8 heteroatoms. The van der Waals surface area contributed by atoms with Gasteiger partial charge in [0.2, 0.25) is 0 Å². The second-order valence-electron chi connectivity index (χ2n) is 5.59. The van der Waals surface area contributed by atoms with Crippen LogP contribution >= 0.6 is 11.6 Å². The van der Waals surface area contributed by atoms with Gasteiger partial charge in [-0.3, -0.25) is 9.59 Å². The first kappa shape index (κ1) is 19.7. The number of nitrogens with one attached hydrogen (secondary N) is 2.